The van der Waals surface area contributed by atoms with E-state index in [-0.39, 0.29) is 5.91 Å². The molecule has 1 N–H and O–H groups in total. The van der Waals surface area contributed by atoms with E-state index in [4.69, 9.17) is 0 Å². The Morgan fingerprint density at radius 1 is 1.00 bits per heavy atom. The molecule has 0 atom stereocenters. The Morgan fingerprint density at radius 3 is 2.59 bits per heavy atom. The standard InChI is InChI=1S/C23H25N5O/c1-17-6-7-18(2)21(13-17)26-20-14-19(15-24-16-20)23(29)28-11-9-27(10-12-28)22-5-3-4-8-25-22/h3-8,13-16,26H,9-12H2,1-2H3. The van der Waals surface area contributed by atoms with Crippen LogP contribution in [-0.2, 0) is 0 Å². The topological polar surface area (TPSA) is 61.4 Å². The van der Waals surface area contributed by atoms with Gasteiger partial charge in [-0.25, -0.2) is 4.98 Å². The average molecular weight is 387 g/mol. The van der Waals surface area contributed by atoms with Crippen molar-refractivity contribution in [3.05, 3.63) is 77.7 Å². The van der Waals surface area contributed by atoms with Crippen molar-refractivity contribution in [2.75, 3.05) is 36.4 Å². The third-order valence-corrected chi connectivity index (χ3v) is 5.20. The first kappa shape index (κ1) is 18.9. The Labute approximate surface area is 171 Å². The van der Waals surface area contributed by atoms with Crippen LogP contribution in [0.3, 0.4) is 0 Å². The highest BCUT2D eigenvalue weighted by Crippen LogP contribution is 2.22. The van der Waals surface area contributed by atoms with Gasteiger partial charge in [-0.1, -0.05) is 18.2 Å². The molecule has 1 amide bonds. The third-order valence-electron chi connectivity index (χ3n) is 5.20. The van der Waals surface area contributed by atoms with Crippen molar-refractivity contribution in [3.63, 3.8) is 0 Å². The van der Waals surface area contributed by atoms with Crippen LogP contribution < -0.4 is 10.2 Å². The summed E-state index contributed by atoms with van der Waals surface area (Å²) in [7, 11) is 0. The average Bonchev–Trinajstić information content (AvgIpc) is 2.77. The van der Waals surface area contributed by atoms with E-state index in [2.05, 4.69) is 52.2 Å². The first-order valence-corrected chi connectivity index (χ1v) is 9.85. The minimum atomic E-state index is 0.0165. The molecular formula is C23H25N5O. The second kappa shape index (κ2) is 8.31. The molecule has 0 unspecified atom stereocenters. The van der Waals surface area contributed by atoms with Crippen LogP contribution in [0.15, 0.2) is 61.1 Å². The minimum absolute atomic E-state index is 0.0165. The number of rotatable bonds is 4. The number of amides is 1. The van der Waals surface area contributed by atoms with Gasteiger partial charge in [-0.2, -0.15) is 0 Å². The van der Waals surface area contributed by atoms with E-state index in [1.165, 1.54) is 5.56 Å². The maximum absolute atomic E-state index is 13.0. The SMILES string of the molecule is Cc1ccc(C)c(Nc2cncc(C(=O)N3CCN(c4ccccn4)CC3)c2)c1. The van der Waals surface area contributed by atoms with Crippen LogP contribution in [0.5, 0.6) is 0 Å². The first-order valence-electron chi connectivity index (χ1n) is 9.85. The summed E-state index contributed by atoms with van der Waals surface area (Å²) in [4.78, 5) is 25.8. The van der Waals surface area contributed by atoms with Crippen molar-refractivity contribution in [1.82, 2.24) is 14.9 Å². The van der Waals surface area contributed by atoms with Crippen molar-refractivity contribution in [2.24, 2.45) is 0 Å². The summed E-state index contributed by atoms with van der Waals surface area (Å²) in [5.41, 5.74) is 4.78. The van der Waals surface area contributed by atoms with Crippen molar-refractivity contribution in [3.8, 4) is 0 Å². The van der Waals surface area contributed by atoms with Crippen molar-refractivity contribution in [1.29, 1.82) is 0 Å². The molecule has 3 aromatic rings. The number of aromatic nitrogens is 2. The molecule has 6 heteroatoms. The van der Waals surface area contributed by atoms with Gasteiger partial charge in [-0.3, -0.25) is 9.78 Å². The molecule has 1 aromatic carbocycles. The zero-order valence-corrected chi connectivity index (χ0v) is 16.8. The van der Waals surface area contributed by atoms with Gasteiger partial charge in [0, 0.05) is 44.3 Å². The lowest BCUT2D eigenvalue weighted by Gasteiger charge is -2.35. The number of carbonyl (C=O) groups is 1. The quantitative estimate of drug-likeness (QED) is 0.738. The highest BCUT2D eigenvalue weighted by Gasteiger charge is 2.23. The molecule has 3 heterocycles. The fourth-order valence-electron chi connectivity index (χ4n) is 3.51. The Kier molecular flexibility index (Phi) is 5.42. The van der Waals surface area contributed by atoms with Crippen LogP contribution >= 0.6 is 0 Å². The van der Waals surface area contributed by atoms with Crippen molar-refractivity contribution >= 4 is 23.1 Å². The predicted molar refractivity (Wildman–Crippen MR) is 116 cm³/mol. The molecule has 148 valence electrons. The molecule has 29 heavy (non-hydrogen) atoms. The van der Waals surface area contributed by atoms with Gasteiger partial charge in [0.25, 0.3) is 5.91 Å². The zero-order chi connectivity index (χ0) is 20.2. The number of aryl methyl sites for hydroxylation is 2. The van der Waals surface area contributed by atoms with Crippen LogP contribution in [0.2, 0.25) is 0 Å². The summed E-state index contributed by atoms with van der Waals surface area (Å²) in [6, 6.07) is 14.0. The summed E-state index contributed by atoms with van der Waals surface area (Å²) in [6.07, 6.45) is 5.19. The van der Waals surface area contributed by atoms with Gasteiger partial charge in [-0.15, -0.1) is 0 Å². The normalized spacial score (nSPS) is 14.0. The predicted octanol–water partition coefficient (Wildman–Crippen LogP) is 3.80. The van der Waals surface area contributed by atoms with Crippen molar-refractivity contribution in [2.45, 2.75) is 13.8 Å². The van der Waals surface area contributed by atoms with Crippen LogP contribution in [0.1, 0.15) is 21.5 Å². The van der Waals surface area contributed by atoms with E-state index in [0.717, 1.165) is 35.8 Å². The summed E-state index contributed by atoms with van der Waals surface area (Å²) in [5.74, 6) is 0.976. The number of anilines is 3. The van der Waals surface area contributed by atoms with Gasteiger partial charge in [0.1, 0.15) is 5.82 Å². The number of pyridine rings is 2. The monoisotopic (exact) mass is 387 g/mol. The maximum atomic E-state index is 13.0. The zero-order valence-electron chi connectivity index (χ0n) is 16.8. The van der Waals surface area contributed by atoms with Gasteiger partial charge in [0.2, 0.25) is 0 Å². The van der Waals surface area contributed by atoms with E-state index >= 15 is 0 Å². The molecule has 4 rings (SSSR count). The van der Waals surface area contributed by atoms with Gasteiger partial charge in [-0.05, 0) is 49.2 Å². The molecule has 0 saturated carbocycles. The molecule has 1 saturated heterocycles. The van der Waals surface area contributed by atoms with Gasteiger partial charge in [0.05, 0.1) is 17.4 Å². The number of benzene rings is 1. The molecule has 0 radical (unpaired) electrons. The smallest absolute Gasteiger partial charge is 0.255 e. The van der Waals surface area contributed by atoms with Crippen LogP contribution in [0.25, 0.3) is 0 Å². The Bertz CT molecular complexity index is 997. The van der Waals surface area contributed by atoms with Crippen LogP contribution in [0.4, 0.5) is 17.2 Å². The van der Waals surface area contributed by atoms with Crippen molar-refractivity contribution < 1.29 is 4.79 Å². The molecule has 0 aliphatic carbocycles. The van der Waals surface area contributed by atoms with E-state index in [9.17, 15) is 4.79 Å². The number of piperazine rings is 1. The molecule has 1 aliphatic heterocycles. The fraction of sp³-hybridized carbons (Fsp3) is 0.261. The number of nitrogens with zero attached hydrogens (tertiary/aromatic N) is 4. The lowest BCUT2D eigenvalue weighted by atomic mass is 10.1. The van der Waals surface area contributed by atoms with Gasteiger partial charge >= 0.3 is 0 Å². The van der Waals surface area contributed by atoms with Crippen LogP contribution in [-0.4, -0.2) is 47.0 Å². The molecule has 0 spiro atoms. The minimum Gasteiger partial charge on any atom is -0.354 e. The number of hydrogen-bond donors (Lipinski definition) is 1. The lowest BCUT2D eigenvalue weighted by Crippen LogP contribution is -2.49. The summed E-state index contributed by atoms with van der Waals surface area (Å²) in [6.45, 7) is 7.01. The third kappa shape index (κ3) is 4.37. The maximum Gasteiger partial charge on any atom is 0.255 e. The van der Waals surface area contributed by atoms with E-state index in [1.54, 1.807) is 18.6 Å². The second-order valence-corrected chi connectivity index (χ2v) is 7.37. The highest BCUT2D eigenvalue weighted by molar-refractivity contribution is 5.95. The molecule has 1 fully saturated rings. The number of hydrogen-bond acceptors (Lipinski definition) is 5. The van der Waals surface area contributed by atoms with E-state index in [1.807, 2.05) is 29.2 Å². The fourth-order valence-corrected chi connectivity index (χ4v) is 3.51. The Morgan fingerprint density at radius 2 is 1.83 bits per heavy atom. The van der Waals surface area contributed by atoms with Gasteiger partial charge < -0.3 is 15.1 Å². The van der Waals surface area contributed by atoms with E-state index in [0.29, 0.717) is 18.7 Å². The molecule has 2 aromatic heterocycles. The molecule has 6 nitrogen and oxygen atoms in total. The number of nitrogens with one attached hydrogen (secondary N) is 1. The van der Waals surface area contributed by atoms with Gasteiger partial charge in [0.15, 0.2) is 0 Å². The summed E-state index contributed by atoms with van der Waals surface area (Å²) in [5, 5.41) is 3.39. The Balaban J connectivity index is 1.43. The highest BCUT2D eigenvalue weighted by atomic mass is 16.2. The number of carbonyl (C=O) groups excluding carboxylic acids is 1. The molecule has 1 aliphatic rings. The first-order chi connectivity index (χ1) is 14.1. The lowest BCUT2D eigenvalue weighted by molar-refractivity contribution is 0.0746. The summed E-state index contributed by atoms with van der Waals surface area (Å²) >= 11 is 0. The largest absolute Gasteiger partial charge is 0.354 e. The van der Waals surface area contributed by atoms with E-state index < -0.39 is 0 Å². The Hall–Kier alpha value is -3.41. The molecule has 0 bridgehead atoms. The van der Waals surface area contributed by atoms with Crippen LogP contribution in [0, 0.1) is 13.8 Å². The molecular weight excluding hydrogens is 362 g/mol. The second-order valence-electron chi connectivity index (χ2n) is 7.37. The summed E-state index contributed by atoms with van der Waals surface area (Å²) < 4.78 is 0.